The zero-order valence-electron chi connectivity index (χ0n) is 15.0. The van der Waals surface area contributed by atoms with Gasteiger partial charge in [0.1, 0.15) is 24.4 Å². The zero-order chi connectivity index (χ0) is 20.6. The summed E-state index contributed by atoms with van der Waals surface area (Å²) in [7, 11) is 1.18. The molecule has 158 valence electrons. The molecule has 0 amide bonds. The van der Waals surface area contributed by atoms with Crippen LogP contribution in [-0.2, 0) is 23.7 Å². The van der Waals surface area contributed by atoms with Crippen molar-refractivity contribution in [2.24, 2.45) is 11.8 Å². The lowest BCUT2D eigenvalue weighted by atomic mass is 9.82. The Morgan fingerprint density at radius 3 is 2.39 bits per heavy atom. The van der Waals surface area contributed by atoms with Crippen LogP contribution in [0, 0.1) is 11.8 Å². The predicted octanol–water partition coefficient (Wildman–Crippen LogP) is -3.26. The number of carbonyl (C=O) groups excluding carboxylic acids is 1. The van der Waals surface area contributed by atoms with Crippen LogP contribution in [0.2, 0.25) is 0 Å². The third-order valence-electron chi connectivity index (χ3n) is 5.27. The van der Waals surface area contributed by atoms with E-state index < -0.39 is 74.1 Å². The molecule has 11 nitrogen and oxygen atoms in total. The number of carbonyl (C=O) groups is 1. The fourth-order valence-corrected chi connectivity index (χ4v) is 3.79. The number of aliphatic hydroxyl groups is 6. The maximum Gasteiger partial charge on any atom is 0.337 e. The van der Waals surface area contributed by atoms with Gasteiger partial charge in [0, 0.05) is 5.92 Å². The van der Waals surface area contributed by atoms with Crippen LogP contribution in [0.4, 0.5) is 0 Å². The van der Waals surface area contributed by atoms with E-state index in [1.54, 1.807) is 0 Å². The molecule has 0 saturated carbocycles. The fourth-order valence-electron chi connectivity index (χ4n) is 3.79. The molecule has 2 heterocycles. The molecule has 4 unspecified atom stereocenters. The molecular formula is C17H24O11. The van der Waals surface area contributed by atoms with Gasteiger partial charge < -0.3 is 49.6 Å². The van der Waals surface area contributed by atoms with Crippen LogP contribution in [0.3, 0.4) is 0 Å². The largest absolute Gasteiger partial charge is 0.471 e. The van der Waals surface area contributed by atoms with Gasteiger partial charge in [-0.3, -0.25) is 0 Å². The van der Waals surface area contributed by atoms with Crippen LogP contribution in [0.5, 0.6) is 0 Å². The minimum Gasteiger partial charge on any atom is -0.471 e. The molecule has 1 aliphatic carbocycles. The van der Waals surface area contributed by atoms with Gasteiger partial charge in [0.05, 0.1) is 44.2 Å². The smallest absolute Gasteiger partial charge is 0.337 e. The first-order valence-electron chi connectivity index (χ1n) is 8.73. The number of hydrogen-bond donors (Lipinski definition) is 6. The molecule has 0 aromatic heterocycles. The average molecular weight is 404 g/mol. The molecule has 9 atom stereocenters. The van der Waals surface area contributed by atoms with Crippen LogP contribution >= 0.6 is 0 Å². The Hall–Kier alpha value is -1.57. The number of methoxy groups -OCH3 is 1. The number of fused-ring (bicyclic) bond motifs is 1. The summed E-state index contributed by atoms with van der Waals surface area (Å²) in [5, 5.41) is 59.1. The first-order chi connectivity index (χ1) is 13.3. The molecule has 2 aliphatic heterocycles. The van der Waals surface area contributed by atoms with Crippen molar-refractivity contribution in [3.63, 3.8) is 0 Å². The monoisotopic (exact) mass is 404 g/mol. The second-order valence-corrected chi connectivity index (χ2v) is 6.84. The highest BCUT2D eigenvalue weighted by Gasteiger charge is 2.52. The molecule has 3 aliphatic rings. The molecule has 0 spiro atoms. The number of esters is 1. The summed E-state index contributed by atoms with van der Waals surface area (Å²) in [5.41, 5.74) is 0.398. The van der Waals surface area contributed by atoms with E-state index in [1.807, 2.05) is 0 Å². The van der Waals surface area contributed by atoms with E-state index in [2.05, 4.69) is 0 Å². The van der Waals surface area contributed by atoms with Gasteiger partial charge in [-0.1, -0.05) is 6.08 Å². The number of aliphatic hydroxyl groups excluding tert-OH is 6. The lowest BCUT2D eigenvalue weighted by Crippen LogP contribution is -2.60. The van der Waals surface area contributed by atoms with Gasteiger partial charge in [0.15, 0.2) is 6.29 Å². The van der Waals surface area contributed by atoms with Gasteiger partial charge in [-0.15, -0.1) is 0 Å². The minimum atomic E-state index is -1.65. The second-order valence-electron chi connectivity index (χ2n) is 6.84. The molecule has 28 heavy (non-hydrogen) atoms. The van der Waals surface area contributed by atoms with Crippen LogP contribution in [0.15, 0.2) is 23.5 Å². The number of hydrogen-bond acceptors (Lipinski definition) is 11. The molecule has 1 saturated heterocycles. The van der Waals surface area contributed by atoms with Gasteiger partial charge >= 0.3 is 5.97 Å². The van der Waals surface area contributed by atoms with E-state index in [0.29, 0.717) is 5.57 Å². The van der Waals surface area contributed by atoms with Crippen molar-refractivity contribution in [3.8, 4) is 0 Å². The average Bonchev–Trinajstić information content (AvgIpc) is 3.05. The van der Waals surface area contributed by atoms with E-state index >= 15 is 0 Å². The van der Waals surface area contributed by atoms with Crippen LogP contribution in [0.1, 0.15) is 0 Å². The summed E-state index contributed by atoms with van der Waals surface area (Å²) >= 11 is 0. The summed E-state index contributed by atoms with van der Waals surface area (Å²) in [6, 6.07) is 0. The Labute approximate surface area is 160 Å². The van der Waals surface area contributed by atoms with Gasteiger partial charge in [-0.25, -0.2) is 4.79 Å². The molecule has 6 N–H and O–H groups in total. The first-order valence-corrected chi connectivity index (χ1v) is 8.73. The summed E-state index contributed by atoms with van der Waals surface area (Å²) in [4.78, 5) is 12.0. The molecule has 11 heteroatoms. The Balaban J connectivity index is 1.84. The highest BCUT2D eigenvalue weighted by atomic mass is 16.8. The summed E-state index contributed by atoms with van der Waals surface area (Å²) in [6.45, 7) is -1.07. The zero-order valence-corrected chi connectivity index (χ0v) is 15.0. The van der Waals surface area contributed by atoms with E-state index in [0.717, 1.165) is 6.26 Å². The normalized spacial score (nSPS) is 42.9. The summed E-state index contributed by atoms with van der Waals surface area (Å²) in [6.07, 6.45) is -7.36. The SMILES string of the molecule is COC(=O)C1=COC(O[C@@H]2O[C@H](CO)[C@@H](O)[C@H](O)[C@H]2O)C2C(CO)=CC(O)C12. The Bertz CT molecular complexity index is 645. The lowest BCUT2D eigenvalue weighted by Gasteiger charge is -2.43. The predicted molar refractivity (Wildman–Crippen MR) is 88.0 cm³/mol. The number of rotatable bonds is 5. The fraction of sp³-hybridized carbons (Fsp3) is 0.706. The third kappa shape index (κ3) is 3.55. The summed E-state index contributed by atoms with van der Waals surface area (Å²) in [5.74, 6) is -2.34. The maximum atomic E-state index is 12.0. The van der Waals surface area contributed by atoms with Crippen LogP contribution in [0.25, 0.3) is 0 Å². The van der Waals surface area contributed by atoms with E-state index in [1.165, 1.54) is 13.2 Å². The molecule has 3 rings (SSSR count). The quantitative estimate of drug-likeness (QED) is 0.200. The maximum absolute atomic E-state index is 12.0. The van der Waals surface area contributed by atoms with Gasteiger partial charge in [-0.05, 0) is 5.57 Å². The number of ether oxygens (including phenoxy) is 4. The van der Waals surface area contributed by atoms with E-state index in [4.69, 9.17) is 18.9 Å². The molecule has 0 radical (unpaired) electrons. The lowest BCUT2D eigenvalue weighted by molar-refractivity contribution is -0.340. The molecule has 0 aromatic carbocycles. The Kier molecular flexibility index (Phi) is 6.37. The van der Waals surface area contributed by atoms with Gasteiger partial charge in [0.25, 0.3) is 0 Å². The van der Waals surface area contributed by atoms with E-state index in [-0.39, 0.29) is 5.57 Å². The highest BCUT2D eigenvalue weighted by molar-refractivity contribution is 5.89. The van der Waals surface area contributed by atoms with Gasteiger partial charge in [-0.2, -0.15) is 0 Å². The van der Waals surface area contributed by atoms with E-state index in [9.17, 15) is 35.4 Å². The van der Waals surface area contributed by atoms with Crippen molar-refractivity contribution in [3.05, 3.63) is 23.5 Å². The van der Waals surface area contributed by atoms with Crippen molar-refractivity contribution in [1.82, 2.24) is 0 Å². The standard InChI is InChI=1S/C17H24O11/c1-25-15(24)7-5-26-16(10-6(3-18)2-8(20)11(7)10)28-17-14(23)13(22)12(21)9(4-19)27-17/h2,5,8-14,16-23H,3-4H2,1H3/t8?,9-,10?,11?,12-,13+,14-,16?,17+/m1/s1. The molecule has 0 bridgehead atoms. The molecular weight excluding hydrogens is 380 g/mol. The van der Waals surface area contributed by atoms with Crippen molar-refractivity contribution in [1.29, 1.82) is 0 Å². The Morgan fingerprint density at radius 1 is 1.07 bits per heavy atom. The van der Waals surface area contributed by atoms with Crippen molar-refractivity contribution in [2.45, 2.75) is 43.1 Å². The third-order valence-corrected chi connectivity index (χ3v) is 5.27. The summed E-state index contributed by atoms with van der Waals surface area (Å²) < 4.78 is 21.1. The molecule has 0 aromatic rings. The second kappa shape index (κ2) is 8.43. The topological polar surface area (TPSA) is 175 Å². The van der Waals surface area contributed by atoms with Crippen molar-refractivity contribution < 1.29 is 54.4 Å². The first kappa shape index (κ1) is 21.1. The van der Waals surface area contributed by atoms with Crippen LogP contribution in [-0.4, -0.2) is 100 Å². The highest BCUT2D eigenvalue weighted by Crippen LogP contribution is 2.44. The minimum absolute atomic E-state index is 0.0494. The van der Waals surface area contributed by atoms with Crippen molar-refractivity contribution >= 4 is 5.97 Å². The van der Waals surface area contributed by atoms with Gasteiger partial charge in [0.2, 0.25) is 6.29 Å². The molecule has 1 fully saturated rings. The van der Waals surface area contributed by atoms with Crippen LogP contribution < -0.4 is 0 Å². The Morgan fingerprint density at radius 2 is 1.79 bits per heavy atom. The van der Waals surface area contributed by atoms with Crippen molar-refractivity contribution in [2.75, 3.05) is 20.3 Å².